The third-order valence-corrected chi connectivity index (χ3v) is 3.00. The Kier molecular flexibility index (Phi) is 5.11. The van der Waals surface area contributed by atoms with Crippen molar-refractivity contribution in [2.45, 2.75) is 31.6 Å². The van der Waals surface area contributed by atoms with Crippen LogP contribution in [0, 0.1) is 5.82 Å². The molecule has 1 saturated carbocycles. The zero-order chi connectivity index (χ0) is 12.8. The Morgan fingerprint density at radius 1 is 1.39 bits per heavy atom. The van der Waals surface area contributed by atoms with E-state index in [0.717, 1.165) is 6.54 Å². The lowest BCUT2D eigenvalue weighted by Crippen LogP contribution is -2.33. The van der Waals surface area contributed by atoms with E-state index < -0.39 is 0 Å². The van der Waals surface area contributed by atoms with Gasteiger partial charge in [-0.1, -0.05) is 18.2 Å². The fraction of sp³-hybridized carbons (Fsp3) is 0.571. The Morgan fingerprint density at radius 3 is 2.83 bits per heavy atom. The summed E-state index contributed by atoms with van der Waals surface area (Å²) >= 11 is 0. The fourth-order valence-corrected chi connectivity index (χ4v) is 1.76. The second kappa shape index (κ2) is 6.83. The summed E-state index contributed by atoms with van der Waals surface area (Å²) in [6.45, 7) is 1.56. The van der Waals surface area contributed by atoms with Gasteiger partial charge in [0.25, 0.3) is 0 Å². The number of benzene rings is 1. The van der Waals surface area contributed by atoms with Gasteiger partial charge in [-0.05, 0) is 18.9 Å². The highest BCUT2D eigenvalue weighted by Crippen LogP contribution is 2.18. The van der Waals surface area contributed by atoms with Crippen LogP contribution in [0.3, 0.4) is 0 Å². The Bertz CT molecular complexity index is 369. The van der Waals surface area contributed by atoms with Crippen molar-refractivity contribution in [1.29, 1.82) is 0 Å². The smallest absolute Gasteiger partial charge is 0.128 e. The van der Waals surface area contributed by atoms with Crippen molar-refractivity contribution < 1.29 is 13.9 Å². The topological polar surface area (TPSA) is 30.5 Å². The van der Waals surface area contributed by atoms with Crippen molar-refractivity contribution >= 4 is 0 Å². The normalized spacial score (nSPS) is 16.8. The Balaban J connectivity index is 1.78. The van der Waals surface area contributed by atoms with Crippen LogP contribution in [0.2, 0.25) is 0 Å². The average Bonchev–Trinajstić information content (AvgIpc) is 3.18. The lowest BCUT2D eigenvalue weighted by molar-refractivity contribution is -0.0112. The quantitative estimate of drug-likeness (QED) is 0.769. The standard InChI is InChI=1S/C14H20FNO2/c1-17-10-13(8-16-12-6-7-12)18-9-11-4-2-3-5-14(11)15/h2-5,12-13,16H,6-10H2,1H3. The van der Waals surface area contributed by atoms with E-state index in [0.29, 0.717) is 18.2 Å². The van der Waals surface area contributed by atoms with Gasteiger partial charge in [-0.3, -0.25) is 0 Å². The molecule has 0 heterocycles. The first-order valence-corrected chi connectivity index (χ1v) is 6.37. The van der Waals surface area contributed by atoms with E-state index in [4.69, 9.17) is 9.47 Å². The van der Waals surface area contributed by atoms with Gasteiger partial charge in [-0.15, -0.1) is 0 Å². The van der Waals surface area contributed by atoms with Crippen molar-refractivity contribution in [1.82, 2.24) is 5.32 Å². The lowest BCUT2D eigenvalue weighted by Gasteiger charge is -2.18. The lowest BCUT2D eigenvalue weighted by atomic mass is 10.2. The number of ether oxygens (including phenoxy) is 2. The van der Waals surface area contributed by atoms with Crippen molar-refractivity contribution in [3.63, 3.8) is 0 Å². The van der Waals surface area contributed by atoms with Gasteiger partial charge in [0.2, 0.25) is 0 Å². The molecule has 1 aliphatic carbocycles. The fourth-order valence-electron chi connectivity index (χ4n) is 1.76. The second-order valence-electron chi connectivity index (χ2n) is 4.66. The highest BCUT2D eigenvalue weighted by Gasteiger charge is 2.22. The monoisotopic (exact) mass is 253 g/mol. The van der Waals surface area contributed by atoms with Crippen LogP contribution >= 0.6 is 0 Å². The summed E-state index contributed by atoms with van der Waals surface area (Å²) in [6, 6.07) is 7.33. The SMILES string of the molecule is COCC(CNC1CC1)OCc1ccccc1F. The zero-order valence-corrected chi connectivity index (χ0v) is 10.7. The first-order valence-electron chi connectivity index (χ1n) is 6.37. The molecule has 3 nitrogen and oxygen atoms in total. The molecule has 0 aliphatic heterocycles. The highest BCUT2D eigenvalue weighted by atomic mass is 19.1. The summed E-state index contributed by atoms with van der Waals surface area (Å²) < 4.78 is 24.2. The average molecular weight is 253 g/mol. The molecule has 0 aromatic heterocycles. The van der Waals surface area contributed by atoms with Crippen LogP contribution in [0.4, 0.5) is 4.39 Å². The number of hydrogen-bond donors (Lipinski definition) is 1. The number of methoxy groups -OCH3 is 1. The molecule has 1 aromatic carbocycles. The Hall–Kier alpha value is -0.970. The Morgan fingerprint density at radius 2 is 2.17 bits per heavy atom. The molecule has 1 fully saturated rings. The van der Waals surface area contributed by atoms with E-state index >= 15 is 0 Å². The van der Waals surface area contributed by atoms with Crippen LogP contribution in [0.25, 0.3) is 0 Å². The molecule has 0 radical (unpaired) electrons. The van der Waals surface area contributed by atoms with Crippen molar-refractivity contribution in [2.75, 3.05) is 20.3 Å². The van der Waals surface area contributed by atoms with Crippen LogP contribution in [-0.2, 0) is 16.1 Å². The number of nitrogens with one attached hydrogen (secondary N) is 1. The van der Waals surface area contributed by atoms with Gasteiger partial charge < -0.3 is 14.8 Å². The minimum Gasteiger partial charge on any atom is -0.382 e. The molecular formula is C14H20FNO2. The molecule has 1 aliphatic rings. The molecule has 1 unspecified atom stereocenters. The summed E-state index contributed by atoms with van der Waals surface area (Å²) in [7, 11) is 1.65. The molecule has 1 aromatic rings. The largest absolute Gasteiger partial charge is 0.382 e. The maximum atomic E-state index is 13.4. The summed E-state index contributed by atoms with van der Waals surface area (Å²) in [4.78, 5) is 0. The molecule has 0 amide bonds. The summed E-state index contributed by atoms with van der Waals surface area (Å²) in [5.74, 6) is -0.219. The third-order valence-electron chi connectivity index (χ3n) is 3.00. The first kappa shape index (κ1) is 13.5. The molecule has 0 bridgehead atoms. The molecule has 2 rings (SSSR count). The van der Waals surface area contributed by atoms with Gasteiger partial charge in [0.1, 0.15) is 5.82 Å². The predicted molar refractivity (Wildman–Crippen MR) is 67.9 cm³/mol. The third kappa shape index (κ3) is 4.37. The van der Waals surface area contributed by atoms with Gasteiger partial charge in [0.05, 0.1) is 19.3 Å². The zero-order valence-electron chi connectivity index (χ0n) is 10.7. The van der Waals surface area contributed by atoms with Gasteiger partial charge in [0.15, 0.2) is 0 Å². The molecule has 4 heteroatoms. The maximum Gasteiger partial charge on any atom is 0.128 e. The highest BCUT2D eigenvalue weighted by molar-refractivity contribution is 5.16. The summed E-state index contributed by atoms with van der Waals surface area (Å²) in [6.07, 6.45) is 2.45. The van der Waals surface area contributed by atoms with Gasteiger partial charge in [-0.2, -0.15) is 0 Å². The molecule has 18 heavy (non-hydrogen) atoms. The van der Waals surface area contributed by atoms with Gasteiger partial charge >= 0.3 is 0 Å². The summed E-state index contributed by atoms with van der Waals surface area (Å²) in [5.41, 5.74) is 0.588. The van der Waals surface area contributed by atoms with Crippen LogP contribution in [0.5, 0.6) is 0 Å². The minimum atomic E-state index is -0.219. The van der Waals surface area contributed by atoms with Crippen molar-refractivity contribution in [3.8, 4) is 0 Å². The minimum absolute atomic E-state index is 0.0322. The molecule has 1 atom stereocenters. The van der Waals surface area contributed by atoms with Crippen molar-refractivity contribution in [3.05, 3.63) is 35.6 Å². The summed E-state index contributed by atoms with van der Waals surface area (Å²) in [5, 5.41) is 3.39. The number of hydrogen-bond acceptors (Lipinski definition) is 3. The van der Waals surface area contributed by atoms with Gasteiger partial charge in [0, 0.05) is 25.3 Å². The molecule has 0 spiro atoms. The van der Waals surface area contributed by atoms with E-state index in [9.17, 15) is 4.39 Å². The molecular weight excluding hydrogens is 233 g/mol. The van der Waals surface area contributed by atoms with Crippen LogP contribution in [0.1, 0.15) is 18.4 Å². The van der Waals surface area contributed by atoms with Crippen LogP contribution in [0.15, 0.2) is 24.3 Å². The molecule has 100 valence electrons. The van der Waals surface area contributed by atoms with Crippen LogP contribution in [-0.4, -0.2) is 32.4 Å². The maximum absolute atomic E-state index is 13.4. The number of rotatable bonds is 8. The van der Waals surface area contributed by atoms with Crippen LogP contribution < -0.4 is 5.32 Å². The van der Waals surface area contributed by atoms with E-state index in [1.165, 1.54) is 18.9 Å². The number of halogens is 1. The molecule has 1 N–H and O–H groups in total. The van der Waals surface area contributed by atoms with E-state index in [2.05, 4.69) is 5.32 Å². The van der Waals surface area contributed by atoms with Gasteiger partial charge in [-0.25, -0.2) is 4.39 Å². The second-order valence-corrected chi connectivity index (χ2v) is 4.66. The van der Waals surface area contributed by atoms with Crippen molar-refractivity contribution in [2.24, 2.45) is 0 Å². The van der Waals surface area contributed by atoms with E-state index in [-0.39, 0.29) is 18.5 Å². The predicted octanol–water partition coefficient (Wildman–Crippen LogP) is 2.11. The van der Waals surface area contributed by atoms with E-state index in [1.54, 1.807) is 19.2 Å². The Labute approximate surface area is 107 Å². The molecule has 0 saturated heterocycles. The first-order chi connectivity index (χ1) is 8.79. The van der Waals surface area contributed by atoms with E-state index in [1.807, 2.05) is 6.07 Å².